The molecule has 1 aliphatic heterocycles. The number of methoxy groups -OCH3 is 1. The number of ether oxygens (including phenoxy) is 2. The lowest BCUT2D eigenvalue weighted by molar-refractivity contribution is -0.147. The lowest BCUT2D eigenvalue weighted by Gasteiger charge is -2.33. The van der Waals surface area contributed by atoms with Gasteiger partial charge in [0.25, 0.3) is 0 Å². The van der Waals surface area contributed by atoms with Crippen LogP contribution >= 0.6 is 0 Å². The third-order valence-electron chi connectivity index (χ3n) is 3.80. The summed E-state index contributed by atoms with van der Waals surface area (Å²) in [6.45, 7) is 1.85. The van der Waals surface area contributed by atoms with Crippen LogP contribution in [0.1, 0.15) is 26.2 Å². The van der Waals surface area contributed by atoms with Crippen molar-refractivity contribution in [3.63, 3.8) is 0 Å². The van der Waals surface area contributed by atoms with Gasteiger partial charge < -0.3 is 9.47 Å². The number of hydrogen-bond acceptors (Lipinski definition) is 5. The molecule has 0 aromatic heterocycles. The van der Waals surface area contributed by atoms with Crippen LogP contribution in [0, 0.1) is 0 Å². The third-order valence-corrected chi connectivity index (χ3v) is 5.34. The van der Waals surface area contributed by atoms with Gasteiger partial charge in [0, 0.05) is 6.26 Å². The van der Waals surface area contributed by atoms with Gasteiger partial charge in [-0.3, -0.25) is 0 Å². The van der Waals surface area contributed by atoms with Crippen molar-refractivity contribution in [1.29, 1.82) is 0 Å². The number of epoxide rings is 1. The molecule has 0 radical (unpaired) electrons. The first kappa shape index (κ1) is 11.9. The Morgan fingerprint density at radius 1 is 1.50 bits per heavy atom. The monoisotopic (exact) mass is 248 g/mol. The molecule has 1 saturated heterocycles. The van der Waals surface area contributed by atoms with E-state index in [4.69, 9.17) is 9.47 Å². The van der Waals surface area contributed by atoms with Gasteiger partial charge in [-0.25, -0.2) is 13.2 Å². The van der Waals surface area contributed by atoms with Gasteiger partial charge in [0.15, 0.2) is 15.4 Å². The maximum atomic E-state index is 11.6. The second-order valence-corrected chi connectivity index (χ2v) is 6.95. The molecule has 1 heterocycles. The normalized spacial score (nSPS) is 41.6. The Balaban J connectivity index is 2.10. The highest BCUT2D eigenvalue weighted by Gasteiger charge is 2.79. The molecular weight excluding hydrogens is 232 g/mol. The van der Waals surface area contributed by atoms with Crippen molar-refractivity contribution in [2.75, 3.05) is 13.4 Å². The van der Waals surface area contributed by atoms with E-state index in [9.17, 15) is 13.2 Å². The van der Waals surface area contributed by atoms with E-state index in [1.54, 1.807) is 0 Å². The number of carbonyl (C=O) groups excluding carboxylic acids is 1. The average Bonchev–Trinajstić information content (AvgIpc) is 2.83. The third kappa shape index (κ3) is 1.32. The van der Waals surface area contributed by atoms with E-state index in [0.717, 1.165) is 0 Å². The second kappa shape index (κ2) is 3.20. The van der Waals surface area contributed by atoms with Crippen molar-refractivity contribution in [2.24, 2.45) is 0 Å². The molecule has 0 bridgehead atoms. The van der Waals surface area contributed by atoms with Gasteiger partial charge in [0.2, 0.25) is 0 Å². The summed E-state index contributed by atoms with van der Waals surface area (Å²) in [6, 6.07) is 0. The molecule has 1 unspecified atom stereocenters. The lowest BCUT2D eigenvalue weighted by Crippen LogP contribution is -2.49. The predicted molar refractivity (Wildman–Crippen MR) is 56.7 cm³/mol. The van der Waals surface area contributed by atoms with Crippen LogP contribution in [-0.2, 0) is 24.1 Å². The number of rotatable bonds is 3. The fourth-order valence-corrected chi connectivity index (χ4v) is 3.77. The van der Waals surface area contributed by atoms with Crippen molar-refractivity contribution in [2.45, 2.75) is 42.6 Å². The van der Waals surface area contributed by atoms with Gasteiger partial charge >= 0.3 is 5.97 Å². The molecule has 1 saturated carbocycles. The highest BCUT2D eigenvalue weighted by atomic mass is 32.2. The standard InChI is InChI=1S/C10H16O5S/c1-4-10(8(11)14-2)9(15-10)5-7(6-9)16(3,12)13/h7H,4-6H2,1-3H3. The van der Waals surface area contributed by atoms with Crippen molar-refractivity contribution in [3.8, 4) is 0 Å². The Morgan fingerprint density at radius 3 is 2.44 bits per heavy atom. The molecule has 0 aromatic carbocycles. The zero-order valence-electron chi connectivity index (χ0n) is 9.65. The molecule has 0 N–H and O–H groups in total. The molecule has 6 heteroatoms. The van der Waals surface area contributed by atoms with Crippen LogP contribution in [0.5, 0.6) is 0 Å². The van der Waals surface area contributed by atoms with E-state index in [0.29, 0.717) is 19.3 Å². The summed E-state index contributed by atoms with van der Waals surface area (Å²) in [5.74, 6) is -0.387. The van der Waals surface area contributed by atoms with Crippen molar-refractivity contribution in [3.05, 3.63) is 0 Å². The van der Waals surface area contributed by atoms with E-state index >= 15 is 0 Å². The van der Waals surface area contributed by atoms with Gasteiger partial charge in [-0.15, -0.1) is 0 Å². The maximum absolute atomic E-state index is 11.6. The van der Waals surface area contributed by atoms with Crippen LogP contribution < -0.4 is 0 Å². The quantitative estimate of drug-likeness (QED) is 0.530. The molecule has 2 aliphatic rings. The van der Waals surface area contributed by atoms with Gasteiger partial charge in [-0.1, -0.05) is 6.92 Å². The van der Waals surface area contributed by atoms with Crippen molar-refractivity contribution in [1.82, 2.24) is 0 Å². The van der Waals surface area contributed by atoms with Crippen LogP contribution in [0.3, 0.4) is 0 Å². The molecular formula is C10H16O5S. The largest absolute Gasteiger partial charge is 0.467 e. The molecule has 2 fully saturated rings. The van der Waals surface area contributed by atoms with E-state index in [1.165, 1.54) is 13.4 Å². The Bertz CT molecular complexity index is 420. The fourth-order valence-electron chi connectivity index (χ4n) is 2.63. The van der Waals surface area contributed by atoms with E-state index in [1.807, 2.05) is 6.92 Å². The molecule has 5 nitrogen and oxygen atoms in total. The number of sulfone groups is 1. The van der Waals surface area contributed by atoms with Crippen molar-refractivity contribution >= 4 is 15.8 Å². The summed E-state index contributed by atoms with van der Waals surface area (Å²) >= 11 is 0. The minimum Gasteiger partial charge on any atom is -0.467 e. The molecule has 1 spiro atoms. The van der Waals surface area contributed by atoms with Crippen molar-refractivity contribution < 1.29 is 22.7 Å². The van der Waals surface area contributed by atoms with Gasteiger partial charge in [0.1, 0.15) is 5.60 Å². The van der Waals surface area contributed by atoms with Gasteiger partial charge in [-0.2, -0.15) is 0 Å². The average molecular weight is 248 g/mol. The highest BCUT2D eigenvalue weighted by Crippen LogP contribution is 2.63. The first-order valence-electron chi connectivity index (χ1n) is 5.29. The van der Waals surface area contributed by atoms with Crippen LogP contribution in [0.2, 0.25) is 0 Å². The molecule has 1 aliphatic carbocycles. The van der Waals surface area contributed by atoms with Crippen LogP contribution in [-0.4, -0.2) is 44.2 Å². The Morgan fingerprint density at radius 2 is 2.06 bits per heavy atom. The SMILES string of the molecule is CCC1(C(=O)OC)OC12CC(S(C)(=O)=O)C2. The molecule has 2 rings (SSSR count). The van der Waals surface area contributed by atoms with Crippen LogP contribution in [0.4, 0.5) is 0 Å². The van der Waals surface area contributed by atoms with E-state index < -0.39 is 21.0 Å². The summed E-state index contributed by atoms with van der Waals surface area (Å²) in [7, 11) is -1.70. The molecule has 1 atom stereocenters. The molecule has 0 aromatic rings. The Labute approximate surface area is 95.0 Å². The summed E-state index contributed by atoms with van der Waals surface area (Å²) in [5, 5.41) is -0.370. The zero-order chi connectivity index (χ0) is 12.2. The van der Waals surface area contributed by atoms with Crippen LogP contribution in [0.25, 0.3) is 0 Å². The first-order valence-corrected chi connectivity index (χ1v) is 7.24. The fraction of sp³-hybridized carbons (Fsp3) is 0.900. The van der Waals surface area contributed by atoms with Gasteiger partial charge in [-0.05, 0) is 19.3 Å². The summed E-state index contributed by atoms with van der Waals surface area (Å²) < 4.78 is 32.8. The Hall–Kier alpha value is -0.620. The second-order valence-electron chi connectivity index (χ2n) is 4.63. The molecule has 92 valence electrons. The molecule has 16 heavy (non-hydrogen) atoms. The Kier molecular flexibility index (Phi) is 2.37. The van der Waals surface area contributed by atoms with Crippen LogP contribution in [0.15, 0.2) is 0 Å². The van der Waals surface area contributed by atoms with E-state index in [2.05, 4.69) is 0 Å². The first-order chi connectivity index (χ1) is 7.31. The topological polar surface area (TPSA) is 73.0 Å². The minimum atomic E-state index is -3.02. The summed E-state index contributed by atoms with van der Waals surface area (Å²) in [6.07, 6.45) is 2.57. The number of hydrogen-bond donors (Lipinski definition) is 0. The van der Waals surface area contributed by atoms with Gasteiger partial charge in [0.05, 0.1) is 12.4 Å². The summed E-state index contributed by atoms with van der Waals surface area (Å²) in [4.78, 5) is 11.6. The van der Waals surface area contributed by atoms with E-state index in [-0.39, 0.29) is 11.2 Å². The lowest BCUT2D eigenvalue weighted by atomic mass is 9.74. The molecule has 0 amide bonds. The number of carbonyl (C=O) groups is 1. The minimum absolute atomic E-state index is 0.370. The zero-order valence-corrected chi connectivity index (χ0v) is 10.5. The number of esters is 1. The predicted octanol–water partition coefficient (Wildman–Crippen LogP) is 0.284. The summed E-state index contributed by atoms with van der Waals surface area (Å²) in [5.41, 5.74) is -1.45. The smallest absolute Gasteiger partial charge is 0.341 e. The maximum Gasteiger partial charge on any atom is 0.341 e. The highest BCUT2D eigenvalue weighted by molar-refractivity contribution is 7.91.